The number of carbonyl (C=O) groups is 1. The molecule has 9 heteroatoms. The third-order valence-electron chi connectivity index (χ3n) is 3.33. The topological polar surface area (TPSA) is 72.7 Å². The number of amides is 1. The minimum atomic E-state index is -0.100. The van der Waals surface area contributed by atoms with E-state index < -0.39 is 0 Å². The van der Waals surface area contributed by atoms with Gasteiger partial charge in [-0.1, -0.05) is 35.0 Å². The van der Waals surface area contributed by atoms with Gasteiger partial charge < -0.3 is 5.32 Å². The lowest BCUT2D eigenvalue weighted by Gasteiger charge is -2.11. The Morgan fingerprint density at radius 1 is 1.24 bits per heavy atom. The van der Waals surface area contributed by atoms with E-state index in [0.29, 0.717) is 21.0 Å². The van der Waals surface area contributed by atoms with Crippen molar-refractivity contribution in [2.45, 2.75) is 5.16 Å². The molecule has 1 aromatic carbocycles. The smallest absolute Gasteiger partial charge is 0.230 e. The number of nitrogens with one attached hydrogen (secondary N) is 1. The Hall–Kier alpha value is -2.09. The lowest BCUT2D eigenvalue weighted by Crippen LogP contribution is -2.20. The maximum Gasteiger partial charge on any atom is 0.230 e. The predicted molar refractivity (Wildman–Crippen MR) is 99.4 cm³/mol. The van der Waals surface area contributed by atoms with Gasteiger partial charge in [0, 0.05) is 25.0 Å². The first kappa shape index (κ1) is 17.7. The second-order valence-corrected chi connectivity index (χ2v) is 6.70. The molecule has 6 nitrogen and oxygen atoms in total. The van der Waals surface area contributed by atoms with Crippen LogP contribution in [0.25, 0.3) is 17.1 Å². The van der Waals surface area contributed by atoms with Crippen LogP contribution in [0, 0.1) is 0 Å². The molecule has 0 atom stereocenters. The fourth-order valence-corrected chi connectivity index (χ4v) is 3.22. The van der Waals surface area contributed by atoms with Gasteiger partial charge in [-0.15, -0.1) is 10.2 Å². The molecule has 0 bridgehead atoms. The van der Waals surface area contributed by atoms with Gasteiger partial charge in [-0.3, -0.25) is 14.3 Å². The minimum absolute atomic E-state index is 0.100. The molecule has 25 heavy (non-hydrogen) atoms. The Morgan fingerprint density at radius 3 is 2.76 bits per heavy atom. The first-order chi connectivity index (χ1) is 12.1. The molecule has 0 unspecified atom stereocenters. The molecule has 0 aliphatic heterocycles. The Bertz CT molecular complexity index is 901. The highest BCUT2D eigenvalue weighted by atomic mass is 35.5. The van der Waals surface area contributed by atoms with E-state index in [-0.39, 0.29) is 11.7 Å². The summed E-state index contributed by atoms with van der Waals surface area (Å²) in [5, 5.41) is 12.5. The van der Waals surface area contributed by atoms with Crippen molar-refractivity contribution in [1.29, 1.82) is 0 Å². The normalized spacial score (nSPS) is 10.7. The van der Waals surface area contributed by atoms with E-state index in [2.05, 4.69) is 20.5 Å². The lowest BCUT2D eigenvalue weighted by atomic mass is 10.2. The molecule has 0 fully saturated rings. The number of pyridine rings is 1. The van der Waals surface area contributed by atoms with E-state index in [1.807, 2.05) is 22.8 Å². The number of rotatable bonds is 5. The molecule has 2 aromatic heterocycles. The van der Waals surface area contributed by atoms with Gasteiger partial charge in [0.15, 0.2) is 11.0 Å². The number of hydrogen-bond donors (Lipinski definition) is 1. The summed E-state index contributed by atoms with van der Waals surface area (Å²) >= 11 is 13.5. The van der Waals surface area contributed by atoms with Crippen LogP contribution in [0.5, 0.6) is 0 Å². The summed E-state index contributed by atoms with van der Waals surface area (Å²) in [7, 11) is 1.59. The van der Waals surface area contributed by atoms with Gasteiger partial charge in [-0.05, 0) is 30.3 Å². The first-order valence-electron chi connectivity index (χ1n) is 7.24. The van der Waals surface area contributed by atoms with Crippen LogP contribution in [-0.4, -0.2) is 38.5 Å². The number of nitrogens with zero attached hydrogens (tertiary/aromatic N) is 4. The van der Waals surface area contributed by atoms with Gasteiger partial charge in [-0.25, -0.2) is 0 Å². The molecule has 128 valence electrons. The number of halogens is 2. The fourth-order valence-electron chi connectivity index (χ4n) is 2.10. The van der Waals surface area contributed by atoms with E-state index in [0.717, 1.165) is 11.3 Å². The van der Waals surface area contributed by atoms with Crippen molar-refractivity contribution in [3.63, 3.8) is 0 Å². The number of hydrogen-bond acceptors (Lipinski definition) is 5. The summed E-state index contributed by atoms with van der Waals surface area (Å²) in [5.41, 5.74) is 1.55. The molecule has 1 amide bonds. The van der Waals surface area contributed by atoms with Gasteiger partial charge in [0.2, 0.25) is 5.91 Å². The molecule has 0 aliphatic rings. The van der Waals surface area contributed by atoms with Crippen LogP contribution in [0.15, 0.2) is 47.9 Å². The number of aromatic nitrogens is 4. The van der Waals surface area contributed by atoms with Crippen molar-refractivity contribution in [3.05, 3.63) is 52.8 Å². The summed E-state index contributed by atoms with van der Waals surface area (Å²) in [5.74, 6) is 0.728. The largest absolute Gasteiger partial charge is 0.358 e. The summed E-state index contributed by atoms with van der Waals surface area (Å²) < 4.78 is 1.83. The SMILES string of the molecule is CNC(=O)CSc1nnc(-c2cccnc2)n1-c1ccc(Cl)c(Cl)c1. The van der Waals surface area contributed by atoms with E-state index in [1.165, 1.54) is 11.8 Å². The minimum Gasteiger partial charge on any atom is -0.358 e. The standard InChI is InChI=1S/C16H13Cl2N5OS/c1-19-14(24)9-25-16-22-21-15(10-3-2-6-20-8-10)23(16)11-4-5-12(17)13(18)7-11/h2-8H,9H2,1H3,(H,19,24). The molecule has 2 heterocycles. The van der Waals surface area contributed by atoms with E-state index in [9.17, 15) is 4.79 Å². The number of benzene rings is 1. The highest BCUT2D eigenvalue weighted by molar-refractivity contribution is 7.99. The third kappa shape index (κ3) is 3.95. The Balaban J connectivity index is 2.09. The molecule has 0 saturated carbocycles. The maximum absolute atomic E-state index is 11.6. The number of carbonyl (C=O) groups excluding carboxylic acids is 1. The fraction of sp³-hybridized carbons (Fsp3) is 0.125. The van der Waals surface area contributed by atoms with Crippen molar-refractivity contribution >= 4 is 40.9 Å². The average Bonchev–Trinajstić information content (AvgIpc) is 3.06. The molecule has 3 aromatic rings. The van der Waals surface area contributed by atoms with Crippen molar-refractivity contribution < 1.29 is 4.79 Å². The quantitative estimate of drug-likeness (QED) is 0.671. The van der Waals surface area contributed by atoms with Crippen LogP contribution in [0.2, 0.25) is 10.0 Å². The summed E-state index contributed by atoms with van der Waals surface area (Å²) in [6.07, 6.45) is 3.38. The van der Waals surface area contributed by atoms with Crippen molar-refractivity contribution in [2.75, 3.05) is 12.8 Å². The van der Waals surface area contributed by atoms with Gasteiger partial charge >= 0.3 is 0 Å². The molecule has 0 spiro atoms. The molecule has 0 saturated heterocycles. The Labute approximate surface area is 158 Å². The zero-order chi connectivity index (χ0) is 17.8. The van der Waals surface area contributed by atoms with Crippen LogP contribution in [0.3, 0.4) is 0 Å². The molecule has 1 N–H and O–H groups in total. The van der Waals surface area contributed by atoms with E-state index in [1.54, 1.807) is 31.6 Å². The Kier molecular flexibility index (Phi) is 5.57. The number of thioether (sulfide) groups is 1. The van der Waals surface area contributed by atoms with E-state index in [4.69, 9.17) is 23.2 Å². The summed E-state index contributed by atoms with van der Waals surface area (Å²) in [4.78, 5) is 15.7. The summed E-state index contributed by atoms with van der Waals surface area (Å²) in [6.45, 7) is 0. The molecule has 3 rings (SSSR count). The van der Waals surface area contributed by atoms with Crippen LogP contribution < -0.4 is 5.32 Å². The molecular formula is C16H13Cl2N5OS. The van der Waals surface area contributed by atoms with Crippen molar-refractivity contribution in [2.24, 2.45) is 0 Å². The van der Waals surface area contributed by atoms with Crippen molar-refractivity contribution in [1.82, 2.24) is 25.1 Å². The zero-order valence-electron chi connectivity index (χ0n) is 13.1. The van der Waals surface area contributed by atoms with E-state index >= 15 is 0 Å². The molecule has 0 radical (unpaired) electrons. The lowest BCUT2D eigenvalue weighted by molar-refractivity contribution is -0.118. The van der Waals surface area contributed by atoms with Crippen LogP contribution in [0.1, 0.15) is 0 Å². The maximum atomic E-state index is 11.6. The van der Waals surface area contributed by atoms with Crippen LogP contribution >= 0.6 is 35.0 Å². The monoisotopic (exact) mass is 393 g/mol. The summed E-state index contributed by atoms with van der Waals surface area (Å²) in [6, 6.07) is 8.97. The first-order valence-corrected chi connectivity index (χ1v) is 8.99. The average molecular weight is 394 g/mol. The van der Waals surface area contributed by atoms with Crippen LogP contribution in [-0.2, 0) is 4.79 Å². The second kappa shape index (κ2) is 7.86. The Morgan fingerprint density at radius 2 is 2.08 bits per heavy atom. The highest BCUT2D eigenvalue weighted by Crippen LogP contribution is 2.31. The highest BCUT2D eigenvalue weighted by Gasteiger charge is 2.18. The molecular weight excluding hydrogens is 381 g/mol. The zero-order valence-corrected chi connectivity index (χ0v) is 15.4. The predicted octanol–water partition coefficient (Wildman–Crippen LogP) is 3.47. The van der Waals surface area contributed by atoms with Crippen molar-refractivity contribution in [3.8, 4) is 17.1 Å². The second-order valence-electron chi connectivity index (χ2n) is 4.94. The van der Waals surface area contributed by atoms with Gasteiger partial charge in [0.1, 0.15) is 0 Å². The van der Waals surface area contributed by atoms with Gasteiger partial charge in [0.25, 0.3) is 0 Å². The third-order valence-corrected chi connectivity index (χ3v) is 4.99. The molecule has 0 aliphatic carbocycles. The van der Waals surface area contributed by atoms with Crippen LogP contribution in [0.4, 0.5) is 0 Å². The van der Waals surface area contributed by atoms with Gasteiger partial charge in [-0.2, -0.15) is 0 Å². The van der Waals surface area contributed by atoms with Gasteiger partial charge in [0.05, 0.1) is 21.5 Å².